The van der Waals surface area contributed by atoms with Crippen LogP contribution in [0.25, 0.3) is 0 Å². The van der Waals surface area contributed by atoms with Gasteiger partial charge in [-0.1, -0.05) is 0 Å². The number of carbonyl (C=O) groups is 2. The van der Waals surface area contributed by atoms with Gasteiger partial charge in [-0.25, -0.2) is 4.98 Å². The number of likely N-dealkylation sites (tertiary alicyclic amines) is 2. The maximum absolute atomic E-state index is 12.7. The predicted octanol–water partition coefficient (Wildman–Crippen LogP) is 0.883. The van der Waals surface area contributed by atoms with Gasteiger partial charge < -0.3 is 24.4 Å². The summed E-state index contributed by atoms with van der Waals surface area (Å²) in [4.78, 5) is 33.2. The van der Waals surface area contributed by atoms with Crippen LogP contribution < -0.4 is 5.32 Å². The zero-order chi connectivity index (χ0) is 20.1. The molecule has 4 rings (SSSR count). The summed E-state index contributed by atoms with van der Waals surface area (Å²) in [7, 11) is 0. The number of rotatable bonds is 6. The highest BCUT2D eigenvalue weighted by Gasteiger charge is 2.41. The van der Waals surface area contributed by atoms with E-state index in [1.807, 2.05) is 17.4 Å². The van der Waals surface area contributed by atoms with Crippen molar-refractivity contribution in [3.8, 4) is 0 Å². The van der Waals surface area contributed by atoms with E-state index in [4.69, 9.17) is 4.74 Å². The number of piperidine rings is 2. The average molecular weight is 404 g/mol. The Morgan fingerprint density at radius 1 is 1.28 bits per heavy atom. The number of hydrogen-bond acceptors (Lipinski definition) is 5. The van der Waals surface area contributed by atoms with Gasteiger partial charge in [-0.05, 0) is 31.1 Å². The molecule has 1 atom stereocenters. The summed E-state index contributed by atoms with van der Waals surface area (Å²) in [5.41, 5.74) is 0.186. The molecule has 1 spiro atoms. The van der Waals surface area contributed by atoms with E-state index in [1.54, 1.807) is 6.20 Å². The summed E-state index contributed by atoms with van der Waals surface area (Å²) >= 11 is 0. The second-order valence-electron chi connectivity index (χ2n) is 8.78. The van der Waals surface area contributed by atoms with Crippen LogP contribution in [0.5, 0.6) is 0 Å². The molecule has 8 nitrogen and oxygen atoms in total. The molecule has 160 valence electrons. The Hall–Kier alpha value is -1.93. The second kappa shape index (κ2) is 9.26. The summed E-state index contributed by atoms with van der Waals surface area (Å²) < 4.78 is 7.52. The van der Waals surface area contributed by atoms with E-state index in [2.05, 4.69) is 19.8 Å². The maximum Gasteiger partial charge on any atom is 0.224 e. The normalized spacial score (nSPS) is 24.8. The summed E-state index contributed by atoms with van der Waals surface area (Å²) in [5, 5.41) is 3.36. The number of imidazole rings is 1. The summed E-state index contributed by atoms with van der Waals surface area (Å²) in [6, 6.07) is 0.144. The number of amides is 2. The van der Waals surface area contributed by atoms with Crippen LogP contribution in [0.3, 0.4) is 0 Å². The highest BCUT2D eigenvalue weighted by Crippen LogP contribution is 2.40. The molecule has 0 aliphatic carbocycles. The van der Waals surface area contributed by atoms with Crippen molar-refractivity contribution >= 4 is 11.8 Å². The smallest absolute Gasteiger partial charge is 0.224 e. The number of hydrogen-bond donors (Lipinski definition) is 1. The molecular weight excluding hydrogens is 370 g/mol. The first-order valence-corrected chi connectivity index (χ1v) is 11.0. The molecule has 1 N–H and O–H groups in total. The van der Waals surface area contributed by atoms with E-state index in [0.29, 0.717) is 19.4 Å². The van der Waals surface area contributed by atoms with Crippen LogP contribution in [-0.4, -0.2) is 83.1 Å². The van der Waals surface area contributed by atoms with Crippen molar-refractivity contribution in [2.45, 2.75) is 51.1 Å². The first-order valence-electron chi connectivity index (χ1n) is 11.0. The lowest BCUT2D eigenvalue weighted by Crippen LogP contribution is -2.53. The van der Waals surface area contributed by atoms with Crippen molar-refractivity contribution in [2.24, 2.45) is 5.41 Å². The molecule has 3 aliphatic heterocycles. The standard InChI is InChI=1S/C21H33N5O3/c27-19-2-3-21(16-26(19)9-1-8-24-12-6-22-17-24)4-10-25(11-5-21)20(28)14-18-15-29-13-7-23-18/h6,12,17-18,23H,1-5,7-11,13-16H2/t18-/m1/s1. The summed E-state index contributed by atoms with van der Waals surface area (Å²) in [6.45, 7) is 6.33. The van der Waals surface area contributed by atoms with Crippen LogP contribution in [0.1, 0.15) is 38.5 Å². The first-order chi connectivity index (χ1) is 14.1. The number of nitrogens with one attached hydrogen (secondary N) is 1. The zero-order valence-corrected chi connectivity index (χ0v) is 17.2. The van der Waals surface area contributed by atoms with Gasteiger partial charge in [0.25, 0.3) is 0 Å². The van der Waals surface area contributed by atoms with E-state index in [0.717, 1.165) is 71.6 Å². The minimum absolute atomic E-state index is 0.144. The second-order valence-corrected chi connectivity index (χ2v) is 8.78. The van der Waals surface area contributed by atoms with Crippen LogP contribution in [0.15, 0.2) is 18.7 Å². The number of morpholine rings is 1. The number of nitrogens with zero attached hydrogens (tertiary/aromatic N) is 4. The number of ether oxygens (including phenoxy) is 1. The van der Waals surface area contributed by atoms with Crippen molar-refractivity contribution in [3.63, 3.8) is 0 Å². The molecule has 0 saturated carbocycles. The number of aryl methyl sites for hydroxylation is 1. The van der Waals surface area contributed by atoms with Crippen LogP contribution in [0, 0.1) is 5.41 Å². The lowest BCUT2D eigenvalue weighted by molar-refractivity contribution is -0.143. The quantitative estimate of drug-likeness (QED) is 0.763. The van der Waals surface area contributed by atoms with Gasteiger partial charge in [0.15, 0.2) is 0 Å². The fourth-order valence-electron chi connectivity index (χ4n) is 4.90. The molecule has 0 radical (unpaired) electrons. The largest absolute Gasteiger partial charge is 0.378 e. The van der Waals surface area contributed by atoms with Crippen LogP contribution >= 0.6 is 0 Å². The predicted molar refractivity (Wildman–Crippen MR) is 108 cm³/mol. The van der Waals surface area contributed by atoms with Crippen molar-refractivity contribution in [1.82, 2.24) is 24.7 Å². The number of carbonyl (C=O) groups excluding carboxylic acids is 2. The van der Waals surface area contributed by atoms with Gasteiger partial charge in [0, 0.05) is 70.5 Å². The third kappa shape index (κ3) is 5.17. The minimum atomic E-state index is 0.144. The SMILES string of the molecule is O=C(C[C@@H]1COCCN1)N1CCC2(CCC(=O)N(CCCn3ccnc3)C2)CC1. The van der Waals surface area contributed by atoms with E-state index in [-0.39, 0.29) is 23.3 Å². The van der Waals surface area contributed by atoms with Gasteiger partial charge in [-0.2, -0.15) is 0 Å². The molecule has 8 heteroatoms. The van der Waals surface area contributed by atoms with Crippen LogP contribution in [0.4, 0.5) is 0 Å². The summed E-state index contributed by atoms with van der Waals surface area (Å²) in [6.07, 6.45) is 10.6. The molecule has 0 unspecified atom stereocenters. The molecule has 29 heavy (non-hydrogen) atoms. The van der Waals surface area contributed by atoms with Gasteiger partial charge >= 0.3 is 0 Å². The maximum atomic E-state index is 12.7. The van der Waals surface area contributed by atoms with E-state index in [1.165, 1.54) is 0 Å². The Bertz CT molecular complexity index is 678. The van der Waals surface area contributed by atoms with Crippen molar-refractivity contribution in [1.29, 1.82) is 0 Å². The lowest BCUT2D eigenvalue weighted by Gasteiger charge is -2.47. The molecule has 3 aliphatic rings. The zero-order valence-electron chi connectivity index (χ0n) is 17.2. The van der Waals surface area contributed by atoms with E-state index < -0.39 is 0 Å². The Morgan fingerprint density at radius 2 is 2.14 bits per heavy atom. The van der Waals surface area contributed by atoms with Gasteiger partial charge in [0.05, 0.1) is 19.5 Å². The number of aromatic nitrogens is 2. The Balaban J connectivity index is 1.24. The molecule has 1 aromatic heterocycles. The molecule has 1 aromatic rings. The molecule has 3 saturated heterocycles. The highest BCUT2D eigenvalue weighted by molar-refractivity contribution is 5.78. The highest BCUT2D eigenvalue weighted by atomic mass is 16.5. The lowest BCUT2D eigenvalue weighted by atomic mass is 9.72. The van der Waals surface area contributed by atoms with Gasteiger partial charge in [0.2, 0.25) is 11.8 Å². The van der Waals surface area contributed by atoms with E-state index in [9.17, 15) is 9.59 Å². The third-order valence-electron chi connectivity index (χ3n) is 6.75. The topological polar surface area (TPSA) is 79.7 Å². The van der Waals surface area contributed by atoms with Crippen LogP contribution in [0.2, 0.25) is 0 Å². The Kier molecular flexibility index (Phi) is 6.50. The van der Waals surface area contributed by atoms with Crippen molar-refractivity contribution in [2.75, 3.05) is 45.9 Å². The first kappa shape index (κ1) is 20.3. The van der Waals surface area contributed by atoms with Gasteiger partial charge in [-0.3, -0.25) is 9.59 Å². The molecule has 0 bridgehead atoms. The molecule has 4 heterocycles. The monoisotopic (exact) mass is 403 g/mol. The van der Waals surface area contributed by atoms with Gasteiger partial charge in [-0.15, -0.1) is 0 Å². The fraction of sp³-hybridized carbons (Fsp3) is 0.762. The van der Waals surface area contributed by atoms with Crippen molar-refractivity contribution < 1.29 is 14.3 Å². The van der Waals surface area contributed by atoms with E-state index >= 15 is 0 Å². The summed E-state index contributed by atoms with van der Waals surface area (Å²) in [5.74, 6) is 0.509. The fourth-order valence-corrected chi connectivity index (χ4v) is 4.90. The minimum Gasteiger partial charge on any atom is -0.378 e. The Labute approximate surface area is 172 Å². The molecule has 0 aromatic carbocycles. The molecule has 3 fully saturated rings. The average Bonchev–Trinajstić information content (AvgIpc) is 3.26. The van der Waals surface area contributed by atoms with Crippen LogP contribution in [-0.2, 0) is 20.9 Å². The Morgan fingerprint density at radius 3 is 2.86 bits per heavy atom. The van der Waals surface area contributed by atoms with Crippen molar-refractivity contribution in [3.05, 3.63) is 18.7 Å². The van der Waals surface area contributed by atoms with Gasteiger partial charge in [0.1, 0.15) is 0 Å². The molecular formula is C21H33N5O3. The third-order valence-corrected chi connectivity index (χ3v) is 6.75. The molecule has 2 amide bonds.